The topological polar surface area (TPSA) is 210 Å². The van der Waals surface area contributed by atoms with Gasteiger partial charge in [0.1, 0.15) is 48.3 Å². The van der Waals surface area contributed by atoms with Crippen LogP contribution in [0.2, 0.25) is 18.1 Å². The van der Waals surface area contributed by atoms with E-state index in [1.807, 2.05) is 42.6 Å². The van der Waals surface area contributed by atoms with Gasteiger partial charge in [-0.15, -0.1) is 0 Å². The maximum Gasteiger partial charge on any atom is 0.192 e. The van der Waals surface area contributed by atoms with Crippen molar-refractivity contribution in [2.24, 2.45) is 9.98 Å². The van der Waals surface area contributed by atoms with Crippen molar-refractivity contribution < 1.29 is 38.0 Å². The van der Waals surface area contributed by atoms with Crippen LogP contribution in [0.3, 0.4) is 0 Å². The number of hydrogen-bond donors (Lipinski definition) is 1. The third-order valence-electron chi connectivity index (χ3n) is 13.4. The summed E-state index contributed by atoms with van der Waals surface area (Å²) >= 11 is 0. The largest absolute Gasteiger partial charge is 0.408 e. The number of aliphatic hydroxyl groups is 1. The second-order valence-electron chi connectivity index (χ2n) is 19.7. The van der Waals surface area contributed by atoms with E-state index < -0.39 is 44.2 Å². The van der Waals surface area contributed by atoms with Gasteiger partial charge in [0, 0.05) is 67.5 Å². The highest BCUT2D eigenvalue weighted by Crippen LogP contribution is 2.51. The zero-order valence-electron chi connectivity index (χ0n) is 39.0. The zero-order valence-corrected chi connectivity index (χ0v) is 40.0. The summed E-state index contributed by atoms with van der Waals surface area (Å²) in [4.78, 5) is 43.7. The van der Waals surface area contributed by atoms with Crippen LogP contribution in [0, 0.1) is 0 Å². The van der Waals surface area contributed by atoms with E-state index in [1.54, 1.807) is 29.9 Å². The summed E-state index contributed by atoms with van der Waals surface area (Å²) in [6.07, 6.45) is 7.20. The van der Waals surface area contributed by atoms with Gasteiger partial charge in [-0.2, -0.15) is 0 Å². The van der Waals surface area contributed by atoms with Gasteiger partial charge >= 0.3 is 0 Å². The van der Waals surface area contributed by atoms with E-state index in [0.29, 0.717) is 66.9 Å². The quantitative estimate of drug-likeness (QED) is 0.122. The molecule has 0 aliphatic carbocycles. The first-order chi connectivity index (χ1) is 31.1. The molecule has 8 atom stereocenters. The number of hydrogen-bond acceptors (Lipinski definition) is 18. The SMILES string of the molecule is CN(C)C=Nc1ncnc2c1ncn2[C@@H]1O[C@@]2(CN3CCOCC3)COC1[C@H]2O.CN(C)C=Nc1ncnc2c1ncn2[C@@H]1O[C@@]2(CN3CCOCC3)COC1[C@H]2O[Si](C)(C)C(C)(C)C. The van der Waals surface area contributed by atoms with Crippen molar-refractivity contribution in [3.63, 3.8) is 0 Å². The standard InChI is InChI=1S/C24H39N7O4Si.C18H25N7O4/c1-23(2,3)36(6,7)35-19-18-22(34-24(19,13-33-18)12-30-8-10-32-11-9-30)31-16-27-17-20(28-15-29(4)5)25-14-26-21(17)31;1-23(2)10-22-15-12-16(20-9-19-15)25(11-21-12)17-13-14(26)18(29-17,8-28-13)7-24-3-5-27-6-4-24/h14-16,18-19,22H,8-13H2,1-7H3;9-11,13-14,17,26H,3-8H2,1-2H3/t18?,19-,22-,24+;13?,14-,17-,18+/m11/s1. The predicted molar refractivity (Wildman–Crippen MR) is 242 cm³/mol. The Morgan fingerprint density at radius 1 is 0.723 bits per heavy atom. The second-order valence-corrected chi connectivity index (χ2v) is 24.4. The number of morpholine rings is 2. The van der Waals surface area contributed by atoms with Gasteiger partial charge in [-0.25, -0.2) is 39.9 Å². The normalized spacial score (nSPS) is 30.9. The summed E-state index contributed by atoms with van der Waals surface area (Å²) in [6.45, 7) is 19.8. The van der Waals surface area contributed by atoms with Crippen LogP contribution in [0.1, 0.15) is 33.2 Å². The van der Waals surface area contributed by atoms with Crippen molar-refractivity contribution in [3.8, 4) is 0 Å². The van der Waals surface area contributed by atoms with Gasteiger partial charge in [-0.3, -0.25) is 18.9 Å². The van der Waals surface area contributed by atoms with Crippen molar-refractivity contribution in [1.29, 1.82) is 0 Å². The summed E-state index contributed by atoms with van der Waals surface area (Å²) < 4.78 is 47.6. The van der Waals surface area contributed by atoms with E-state index in [0.717, 1.165) is 45.9 Å². The average molecular weight is 921 g/mol. The number of fused-ring (bicyclic) bond motifs is 6. The molecule has 22 nitrogen and oxygen atoms in total. The van der Waals surface area contributed by atoms with Gasteiger partial charge in [0.15, 0.2) is 54.7 Å². The summed E-state index contributed by atoms with van der Waals surface area (Å²) in [5.74, 6) is 1.00. The Hall–Kier alpha value is -4.14. The first-order valence-corrected chi connectivity index (χ1v) is 25.3. The number of nitrogens with zero attached hydrogens (tertiary/aromatic N) is 14. The maximum atomic E-state index is 10.9. The molecule has 6 saturated heterocycles. The number of rotatable bonds is 12. The highest BCUT2D eigenvalue weighted by atomic mass is 28.4. The molecule has 0 spiro atoms. The molecular formula is C42H64N14O8Si. The van der Waals surface area contributed by atoms with Crippen LogP contribution in [0.4, 0.5) is 11.6 Å². The molecule has 354 valence electrons. The van der Waals surface area contributed by atoms with Gasteiger partial charge in [-0.05, 0) is 18.1 Å². The lowest BCUT2D eigenvalue weighted by Crippen LogP contribution is -2.57. The number of aliphatic hydroxyl groups excluding tert-OH is 1. The number of ether oxygens (including phenoxy) is 6. The predicted octanol–water partition coefficient (Wildman–Crippen LogP) is 1.84. The Kier molecular flexibility index (Phi) is 12.8. The number of imidazole rings is 2. The highest BCUT2D eigenvalue weighted by molar-refractivity contribution is 6.74. The van der Waals surface area contributed by atoms with E-state index in [1.165, 1.54) is 12.7 Å². The molecule has 1 N–H and O–H groups in total. The van der Waals surface area contributed by atoms with Gasteiger partial charge in [0.2, 0.25) is 0 Å². The monoisotopic (exact) mass is 920 g/mol. The first-order valence-electron chi connectivity index (χ1n) is 22.4. The van der Waals surface area contributed by atoms with Gasteiger partial charge < -0.3 is 47.8 Å². The molecule has 23 heteroatoms. The molecule has 2 unspecified atom stereocenters. The van der Waals surface area contributed by atoms with Crippen molar-refractivity contribution in [2.45, 2.75) is 87.0 Å². The molecule has 10 rings (SSSR count). The van der Waals surface area contributed by atoms with Gasteiger partial charge in [0.05, 0.1) is 65.0 Å². The van der Waals surface area contributed by atoms with E-state index in [-0.39, 0.29) is 17.2 Å². The third-order valence-corrected chi connectivity index (χ3v) is 17.9. The second kappa shape index (κ2) is 18.2. The maximum absolute atomic E-state index is 10.9. The molecule has 4 aromatic heterocycles. The molecule has 6 fully saturated rings. The van der Waals surface area contributed by atoms with Crippen molar-refractivity contribution >= 4 is 55.0 Å². The molecule has 0 aromatic carbocycles. The van der Waals surface area contributed by atoms with Crippen LogP contribution in [0.15, 0.2) is 35.3 Å². The molecule has 6 aliphatic heterocycles. The lowest BCUT2D eigenvalue weighted by Gasteiger charge is -2.42. The molecule has 10 heterocycles. The van der Waals surface area contributed by atoms with Crippen LogP contribution in [-0.2, 0) is 32.8 Å². The molecule has 65 heavy (non-hydrogen) atoms. The fraction of sp³-hybridized carbons (Fsp3) is 0.714. The Morgan fingerprint density at radius 2 is 1.18 bits per heavy atom. The Bertz CT molecular complexity index is 2350. The fourth-order valence-electron chi connectivity index (χ4n) is 9.01. The summed E-state index contributed by atoms with van der Waals surface area (Å²) in [5.41, 5.74) is 1.14. The Balaban J connectivity index is 0.000000168. The molecule has 0 amide bonds. The molecule has 4 bridgehead atoms. The fourth-order valence-corrected chi connectivity index (χ4v) is 10.4. The van der Waals surface area contributed by atoms with Gasteiger partial charge in [0.25, 0.3) is 0 Å². The lowest BCUT2D eigenvalue weighted by molar-refractivity contribution is -0.181. The zero-order chi connectivity index (χ0) is 45.7. The molecule has 0 radical (unpaired) electrons. The minimum atomic E-state index is -2.10. The lowest BCUT2D eigenvalue weighted by atomic mass is 9.98. The molecule has 0 saturated carbocycles. The first kappa shape index (κ1) is 46.0. The minimum absolute atomic E-state index is 0.0684. The van der Waals surface area contributed by atoms with Crippen molar-refractivity contribution in [3.05, 3.63) is 25.3 Å². The Morgan fingerprint density at radius 3 is 1.69 bits per heavy atom. The number of aliphatic imine (C=N–C) groups is 2. The van der Waals surface area contributed by atoms with Crippen LogP contribution in [-0.4, -0.2) is 227 Å². The van der Waals surface area contributed by atoms with Gasteiger partial charge in [-0.1, -0.05) is 20.8 Å². The Labute approximate surface area is 380 Å². The summed E-state index contributed by atoms with van der Waals surface area (Å²) in [6, 6.07) is 0. The van der Waals surface area contributed by atoms with E-state index in [4.69, 9.17) is 32.8 Å². The van der Waals surface area contributed by atoms with E-state index >= 15 is 0 Å². The summed E-state index contributed by atoms with van der Waals surface area (Å²) in [5, 5.41) is 11.0. The summed E-state index contributed by atoms with van der Waals surface area (Å²) in [7, 11) is 5.50. The third kappa shape index (κ3) is 8.92. The van der Waals surface area contributed by atoms with E-state index in [2.05, 4.69) is 83.6 Å². The van der Waals surface area contributed by atoms with Crippen molar-refractivity contribution in [1.82, 2.24) is 58.6 Å². The molecule has 6 aliphatic rings. The van der Waals surface area contributed by atoms with Crippen LogP contribution < -0.4 is 0 Å². The van der Waals surface area contributed by atoms with Crippen LogP contribution in [0.5, 0.6) is 0 Å². The smallest absolute Gasteiger partial charge is 0.192 e. The highest BCUT2D eigenvalue weighted by Gasteiger charge is 2.65. The van der Waals surface area contributed by atoms with Crippen molar-refractivity contribution in [2.75, 3.05) is 107 Å². The number of aromatic nitrogens is 8. The van der Waals surface area contributed by atoms with E-state index in [9.17, 15) is 5.11 Å². The molecule has 4 aromatic rings. The minimum Gasteiger partial charge on any atom is -0.408 e. The van der Waals surface area contributed by atoms with Crippen LogP contribution >= 0.6 is 0 Å². The average Bonchev–Trinajstić information content (AvgIpc) is 4.13. The molecular weight excluding hydrogens is 857 g/mol. The van der Waals surface area contributed by atoms with Crippen LogP contribution in [0.25, 0.3) is 22.3 Å².